The van der Waals surface area contributed by atoms with Gasteiger partial charge in [0.2, 0.25) is 5.91 Å². The van der Waals surface area contributed by atoms with Crippen LogP contribution in [0.15, 0.2) is 31.0 Å². The van der Waals surface area contributed by atoms with Crippen LogP contribution in [-0.2, 0) is 20.7 Å². The van der Waals surface area contributed by atoms with Crippen LogP contribution >= 0.6 is 0 Å². The Morgan fingerprint density at radius 2 is 2.33 bits per heavy atom. The highest BCUT2D eigenvalue weighted by Crippen LogP contribution is 2.32. The summed E-state index contributed by atoms with van der Waals surface area (Å²) in [7, 11) is 0. The number of halogens is 1. The van der Waals surface area contributed by atoms with Crippen molar-refractivity contribution < 1.29 is 18.7 Å². The highest BCUT2D eigenvalue weighted by Gasteiger charge is 2.41. The summed E-state index contributed by atoms with van der Waals surface area (Å²) in [6.45, 7) is 5.44. The number of carbonyl (C=O) groups excluding carboxylic acids is 1. The minimum absolute atomic E-state index is 0.0339. The van der Waals surface area contributed by atoms with E-state index in [9.17, 15) is 9.18 Å². The number of rotatable bonds is 6. The molecule has 2 aliphatic rings. The molecule has 24 heavy (non-hydrogen) atoms. The number of carbonyl (C=O) groups is 1. The lowest BCUT2D eigenvalue weighted by Gasteiger charge is -2.35. The molecule has 2 fully saturated rings. The first kappa shape index (κ1) is 17.0. The Morgan fingerprint density at radius 1 is 1.46 bits per heavy atom. The SMILES string of the molecule is C=CCOC[C@H]1CC[C@@H]2[C@@H](CCN2C(=O)Cc2ccc(F)cn2)O1. The second-order valence-corrected chi connectivity index (χ2v) is 6.29. The predicted molar refractivity (Wildman–Crippen MR) is 86.9 cm³/mol. The molecule has 2 aliphatic heterocycles. The summed E-state index contributed by atoms with van der Waals surface area (Å²) in [6.07, 6.45) is 5.92. The van der Waals surface area contributed by atoms with Crippen LogP contribution < -0.4 is 0 Å². The third-order valence-electron chi connectivity index (χ3n) is 4.62. The van der Waals surface area contributed by atoms with Crippen LogP contribution in [-0.4, -0.2) is 53.8 Å². The van der Waals surface area contributed by atoms with Crippen molar-refractivity contribution in [2.75, 3.05) is 19.8 Å². The van der Waals surface area contributed by atoms with Crippen LogP contribution in [0.1, 0.15) is 25.0 Å². The van der Waals surface area contributed by atoms with Gasteiger partial charge >= 0.3 is 0 Å². The van der Waals surface area contributed by atoms with Gasteiger partial charge in [-0.15, -0.1) is 6.58 Å². The van der Waals surface area contributed by atoms with Crippen molar-refractivity contribution in [3.8, 4) is 0 Å². The zero-order chi connectivity index (χ0) is 16.9. The molecule has 0 saturated carbocycles. The predicted octanol–water partition coefficient (Wildman–Crippen LogP) is 2.11. The number of hydrogen-bond donors (Lipinski definition) is 0. The summed E-state index contributed by atoms with van der Waals surface area (Å²) in [5.41, 5.74) is 0.595. The minimum Gasteiger partial charge on any atom is -0.375 e. The lowest BCUT2D eigenvalue weighted by molar-refractivity contribution is -0.138. The van der Waals surface area contributed by atoms with Crippen LogP contribution in [0.2, 0.25) is 0 Å². The Kier molecular flexibility index (Phi) is 5.58. The maximum atomic E-state index is 12.9. The fraction of sp³-hybridized carbons (Fsp3) is 0.556. The maximum absolute atomic E-state index is 12.9. The van der Waals surface area contributed by atoms with Gasteiger partial charge in [0.05, 0.1) is 44.1 Å². The number of fused-ring (bicyclic) bond motifs is 1. The number of hydrogen-bond acceptors (Lipinski definition) is 4. The van der Waals surface area contributed by atoms with Gasteiger partial charge in [-0.2, -0.15) is 0 Å². The summed E-state index contributed by atoms with van der Waals surface area (Å²) < 4.78 is 24.5. The first-order valence-corrected chi connectivity index (χ1v) is 8.41. The highest BCUT2D eigenvalue weighted by atomic mass is 19.1. The molecule has 0 spiro atoms. The average molecular weight is 334 g/mol. The van der Waals surface area contributed by atoms with Crippen LogP contribution in [0, 0.1) is 5.82 Å². The summed E-state index contributed by atoms with van der Waals surface area (Å²) in [5.74, 6) is -0.357. The number of ether oxygens (including phenoxy) is 2. The number of amides is 1. The van der Waals surface area contributed by atoms with Crippen molar-refractivity contribution in [1.29, 1.82) is 0 Å². The molecule has 1 amide bonds. The number of nitrogens with zero attached hydrogens (tertiary/aromatic N) is 2. The fourth-order valence-electron chi connectivity index (χ4n) is 3.48. The molecule has 1 aromatic rings. The summed E-state index contributed by atoms with van der Waals surface area (Å²) >= 11 is 0. The molecule has 0 N–H and O–H groups in total. The van der Waals surface area contributed by atoms with E-state index in [0.717, 1.165) is 25.5 Å². The van der Waals surface area contributed by atoms with E-state index in [4.69, 9.17) is 9.47 Å². The van der Waals surface area contributed by atoms with Crippen molar-refractivity contribution in [3.63, 3.8) is 0 Å². The van der Waals surface area contributed by atoms with Gasteiger partial charge in [-0.3, -0.25) is 9.78 Å². The molecule has 3 heterocycles. The Bertz CT molecular complexity index is 578. The second-order valence-electron chi connectivity index (χ2n) is 6.29. The van der Waals surface area contributed by atoms with E-state index in [1.165, 1.54) is 6.07 Å². The van der Waals surface area contributed by atoms with Gasteiger partial charge in [-0.1, -0.05) is 6.08 Å². The highest BCUT2D eigenvalue weighted by molar-refractivity contribution is 5.79. The molecule has 0 aliphatic carbocycles. The molecule has 0 radical (unpaired) electrons. The van der Waals surface area contributed by atoms with E-state index in [1.807, 2.05) is 4.90 Å². The van der Waals surface area contributed by atoms with E-state index in [-0.39, 0.29) is 30.6 Å². The molecule has 130 valence electrons. The fourth-order valence-corrected chi connectivity index (χ4v) is 3.48. The topological polar surface area (TPSA) is 51.7 Å². The number of likely N-dealkylation sites (tertiary alicyclic amines) is 1. The van der Waals surface area contributed by atoms with Crippen LogP contribution in [0.5, 0.6) is 0 Å². The molecule has 3 atom stereocenters. The molecule has 3 rings (SSSR count). The van der Waals surface area contributed by atoms with Gasteiger partial charge in [0.25, 0.3) is 0 Å². The number of aromatic nitrogens is 1. The molecule has 6 heteroatoms. The smallest absolute Gasteiger partial charge is 0.228 e. The lowest BCUT2D eigenvalue weighted by atomic mass is 9.99. The Labute approximate surface area is 141 Å². The Balaban J connectivity index is 1.53. The van der Waals surface area contributed by atoms with Crippen molar-refractivity contribution in [2.24, 2.45) is 0 Å². The van der Waals surface area contributed by atoms with Gasteiger partial charge in [0.1, 0.15) is 5.82 Å². The van der Waals surface area contributed by atoms with Gasteiger partial charge < -0.3 is 14.4 Å². The van der Waals surface area contributed by atoms with Crippen LogP contribution in [0.25, 0.3) is 0 Å². The van der Waals surface area contributed by atoms with Crippen molar-refractivity contribution in [1.82, 2.24) is 9.88 Å². The van der Waals surface area contributed by atoms with Gasteiger partial charge in [-0.25, -0.2) is 4.39 Å². The van der Waals surface area contributed by atoms with E-state index in [0.29, 0.717) is 25.5 Å². The Morgan fingerprint density at radius 3 is 3.08 bits per heavy atom. The van der Waals surface area contributed by atoms with Crippen molar-refractivity contribution >= 4 is 5.91 Å². The third kappa shape index (κ3) is 3.99. The number of pyridine rings is 1. The zero-order valence-electron chi connectivity index (χ0n) is 13.7. The second kappa shape index (κ2) is 7.85. The van der Waals surface area contributed by atoms with Crippen LogP contribution in [0.4, 0.5) is 4.39 Å². The van der Waals surface area contributed by atoms with E-state index in [2.05, 4.69) is 11.6 Å². The molecule has 0 unspecified atom stereocenters. The molecular formula is C18H23FN2O3. The van der Waals surface area contributed by atoms with Crippen molar-refractivity contribution in [3.05, 3.63) is 42.5 Å². The van der Waals surface area contributed by atoms with E-state index < -0.39 is 5.82 Å². The largest absolute Gasteiger partial charge is 0.375 e. The molecule has 1 aromatic heterocycles. The molecule has 0 bridgehead atoms. The molecule has 2 saturated heterocycles. The van der Waals surface area contributed by atoms with Gasteiger partial charge in [0, 0.05) is 12.2 Å². The average Bonchev–Trinajstić information content (AvgIpc) is 3.00. The summed E-state index contributed by atoms with van der Waals surface area (Å²) in [4.78, 5) is 18.4. The Hall–Kier alpha value is -1.79. The summed E-state index contributed by atoms with van der Waals surface area (Å²) in [6, 6.07) is 3.03. The molecule has 0 aromatic carbocycles. The zero-order valence-corrected chi connectivity index (χ0v) is 13.7. The third-order valence-corrected chi connectivity index (χ3v) is 4.62. The van der Waals surface area contributed by atoms with Gasteiger partial charge in [0.15, 0.2) is 0 Å². The van der Waals surface area contributed by atoms with E-state index >= 15 is 0 Å². The first-order chi connectivity index (χ1) is 11.7. The monoisotopic (exact) mass is 334 g/mol. The molecular weight excluding hydrogens is 311 g/mol. The standard InChI is InChI=1S/C18H23FN2O3/c1-2-9-23-12-15-5-6-16-17(24-15)7-8-21(16)18(22)10-14-4-3-13(19)11-20-14/h2-4,11,15-17H,1,5-10,12H2/t15-,16-,17-/m1/s1. The minimum atomic E-state index is -0.391. The van der Waals surface area contributed by atoms with Crippen molar-refractivity contribution in [2.45, 2.75) is 43.9 Å². The quantitative estimate of drug-likeness (QED) is 0.591. The van der Waals surface area contributed by atoms with Crippen LogP contribution in [0.3, 0.4) is 0 Å². The maximum Gasteiger partial charge on any atom is 0.228 e. The normalized spacial score (nSPS) is 26.2. The first-order valence-electron chi connectivity index (χ1n) is 8.41. The van der Waals surface area contributed by atoms with Gasteiger partial charge in [-0.05, 0) is 31.4 Å². The lowest BCUT2D eigenvalue weighted by Crippen LogP contribution is -2.46. The van der Waals surface area contributed by atoms with E-state index in [1.54, 1.807) is 12.1 Å². The summed E-state index contributed by atoms with van der Waals surface area (Å²) in [5, 5.41) is 0. The molecule has 5 nitrogen and oxygen atoms in total.